The Labute approximate surface area is 113 Å². The molecule has 0 amide bonds. The van der Waals surface area contributed by atoms with E-state index < -0.39 is 0 Å². The first kappa shape index (κ1) is 12.0. The van der Waals surface area contributed by atoms with Crippen molar-refractivity contribution in [3.05, 3.63) is 35.2 Å². The van der Waals surface area contributed by atoms with Crippen LogP contribution in [0, 0.1) is 12.7 Å². The first-order chi connectivity index (χ1) is 9.17. The molecule has 3 aromatic rings. The predicted octanol–water partition coefficient (Wildman–Crippen LogP) is 3.24. The van der Waals surface area contributed by atoms with E-state index in [4.69, 9.17) is 0 Å². The molecule has 2 heterocycles. The Morgan fingerprint density at radius 1 is 1.21 bits per heavy atom. The standard InChI is InChI=1S/C13H11FN4S/c1-7-17-18-13(19-7)9-3-8-5-12(15-2)16-6-10(8)11(14)4-9/h3-6H,1-2H3,(H,15,16). The summed E-state index contributed by atoms with van der Waals surface area (Å²) >= 11 is 1.45. The van der Waals surface area contributed by atoms with Crippen molar-refractivity contribution in [3.63, 3.8) is 0 Å². The van der Waals surface area contributed by atoms with Crippen molar-refractivity contribution in [3.8, 4) is 10.6 Å². The second-order valence-electron chi connectivity index (χ2n) is 4.12. The Hall–Kier alpha value is -2.08. The molecule has 0 fully saturated rings. The van der Waals surface area contributed by atoms with Gasteiger partial charge in [-0.2, -0.15) is 0 Å². The minimum absolute atomic E-state index is 0.296. The van der Waals surface area contributed by atoms with Crippen LogP contribution in [0.5, 0.6) is 0 Å². The van der Waals surface area contributed by atoms with Gasteiger partial charge in [0, 0.05) is 24.2 Å². The molecule has 1 N–H and O–H groups in total. The molecular formula is C13H11FN4S. The molecule has 0 unspecified atom stereocenters. The van der Waals surface area contributed by atoms with Gasteiger partial charge in [0.2, 0.25) is 0 Å². The number of aromatic nitrogens is 3. The van der Waals surface area contributed by atoms with Gasteiger partial charge in [-0.25, -0.2) is 9.37 Å². The number of nitrogens with zero attached hydrogens (tertiary/aromatic N) is 3. The van der Waals surface area contributed by atoms with Gasteiger partial charge < -0.3 is 5.32 Å². The number of nitrogens with one attached hydrogen (secondary N) is 1. The molecule has 0 aliphatic rings. The highest BCUT2D eigenvalue weighted by Crippen LogP contribution is 2.29. The van der Waals surface area contributed by atoms with Crippen LogP contribution in [0.15, 0.2) is 24.4 Å². The fraction of sp³-hybridized carbons (Fsp3) is 0.154. The molecule has 3 rings (SSSR count). The molecule has 0 saturated carbocycles. The van der Waals surface area contributed by atoms with E-state index in [-0.39, 0.29) is 5.82 Å². The molecule has 2 aromatic heterocycles. The Morgan fingerprint density at radius 3 is 2.74 bits per heavy atom. The van der Waals surface area contributed by atoms with Gasteiger partial charge in [-0.1, -0.05) is 11.3 Å². The minimum Gasteiger partial charge on any atom is -0.373 e. The zero-order chi connectivity index (χ0) is 13.4. The summed E-state index contributed by atoms with van der Waals surface area (Å²) in [4.78, 5) is 4.12. The van der Waals surface area contributed by atoms with E-state index in [1.165, 1.54) is 23.6 Å². The molecule has 4 nitrogen and oxygen atoms in total. The fourth-order valence-corrected chi connectivity index (χ4v) is 2.57. The topological polar surface area (TPSA) is 50.7 Å². The van der Waals surface area contributed by atoms with Gasteiger partial charge in [0.1, 0.15) is 21.7 Å². The van der Waals surface area contributed by atoms with Crippen molar-refractivity contribution in [1.82, 2.24) is 15.2 Å². The monoisotopic (exact) mass is 274 g/mol. The van der Waals surface area contributed by atoms with Crippen molar-refractivity contribution >= 4 is 27.9 Å². The maximum Gasteiger partial charge on any atom is 0.147 e. The number of hydrogen-bond donors (Lipinski definition) is 1. The van der Waals surface area contributed by atoms with Crippen molar-refractivity contribution in [2.75, 3.05) is 12.4 Å². The third-order valence-electron chi connectivity index (χ3n) is 2.82. The highest BCUT2D eigenvalue weighted by Gasteiger charge is 2.10. The lowest BCUT2D eigenvalue weighted by Gasteiger charge is -2.05. The normalized spacial score (nSPS) is 10.9. The molecule has 1 aromatic carbocycles. The lowest BCUT2D eigenvalue weighted by Crippen LogP contribution is -1.92. The van der Waals surface area contributed by atoms with Gasteiger partial charge in [-0.15, -0.1) is 10.2 Å². The molecule has 19 heavy (non-hydrogen) atoms. The van der Waals surface area contributed by atoms with Crippen molar-refractivity contribution < 1.29 is 4.39 Å². The summed E-state index contributed by atoms with van der Waals surface area (Å²) in [5.74, 6) is 0.410. The van der Waals surface area contributed by atoms with E-state index in [0.717, 1.165) is 21.0 Å². The molecule has 0 aliphatic heterocycles. The van der Waals surface area contributed by atoms with E-state index in [2.05, 4.69) is 20.5 Å². The van der Waals surface area contributed by atoms with Crippen molar-refractivity contribution in [1.29, 1.82) is 0 Å². The number of rotatable bonds is 2. The summed E-state index contributed by atoms with van der Waals surface area (Å²) < 4.78 is 14.1. The maximum absolute atomic E-state index is 14.1. The van der Waals surface area contributed by atoms with Crippen LogP contribution in [0.3, 0.4) is 0 Å². The highest BCUT2D eigenvalue weighted by molar-refractivity contribution is 7.14. The van der Waals surface area contributed by atoms with Crippen LogP contribution in [0.2, 0.25) is 0 Å². The maximum atomic E-state index is 14.1. The molecule has 0 atom stereocenters. The Kier molecular flexibility index (Phi) is 2.87. The van der Waals surface area contributed by atoms with Crippen LogP contribution in [-0.4, -0.2) is 22.2 Å². The van der Waals surface area contributed by atoms with E-state index in [1.807, 2.05) is 19.1 Å². The van der Waals surface area contributed by atoms with E-state index in [9.17, 15) is 4.39 Å². The van der Waals surface area contributed by atoms with E-state index >= 15 is 0 Å². The number of halogens is 1. The SMILES string of the molecule is CNc1cc2cc(-c3nnc(C)s3)cc(F)c2cn1. The zero-order valence-electron chi connectivity index (χ0n) is 10.4. The Balaban J connectivity index is 2.22. The first-order valence-corrected chi connectivity index (χ1v) is 6.56. The Morgan fingerprint density at radius 2 is 2.05 bits per heavy atom. The molecule has 96 valence electrons. The summed E-state index contributed by atoms with van der Waals surface area (Å²) in [7, 11) is 1.78. The van der Waals surface area contributed by atoms with E-state index in [1.54, 1.807) is 7.05 Å². The van der Waals surface area contributed by atoms with Crippen LogP contribution in [0.1, 0.15) is 5.01 Å². The molecule has 0 aliphatic carbocycles. The third-order valence-corrected chi connectivity index (χ3v) is 3.70. The highest BCUT2D eigenvalue weighted by atomic mass is 32.1. The average molecular weight is 274 g/mol. The van der Waals surface area contributed by atoms with Crippen LogP contribution >= 0.6 is 11.3 Å². The van der Waals surface area contributed by atoms with Gasteiger partial charge >= 0.3 is 0 Å². The lowest BCUT2D eigenvalue weighted by atomic mass is 10.1. The average Bonchev–Trinajstić information content (AvgIpc) is 2.84. The number of anilines is 1. The lowest BCUT2D eigenvalue weighted by molar-refractivity contribution is 0.640. The smallest absolute Gasteiger partial charge is 0.147 e. The Bertz CT molecular complexity index is 753. The van der Waals surface area contributed by atoms with E-state index in [0.29, 0.717) is 11.2 Å². The number of pyridine rings is 1. The van der Waals surface area contributed by atoms with Crippen molar-refractivity contribution in [2.24, 2.45) is 0 Å². The van der Waals surface area contributed by atoms with Crippen molar-refractivity contribution in [2.45, 2.75) is 6.92 Å². The molecular weight excluding hydrogens is 263 g/mol. The summed E-state index contributed by atoms with van der Waals surface area (Å²) in [5, 5.41) is 13.8. The minimum atomic E-state index is -0.296. The number of benzene rings is 1. The van der Waals surface area contributed by atoms with Crippen LogP contribution in [0.25, 0.3) is 21.3 Å². The molecule has 0 radical (unpaired) electrons. The number of aryl methyl sites for hydroxylation is 1. The van der Waals surface area contributed by atoms with Gasteiger partial charge in [0.25, 0.3) is 0 Å². The summed E-state index contributed by atoms with van der Waals surface area (Å²) in [6.45, 7) is 1.88. The molecule has 0 bridgehead atoms. The van der Waals surface area contributed by atoms with Gasteiger partial charge in [-0.05, 0) is 30.5 Å². The fourth-order valence-electron chi connectivity index (χ4n) is 1.89. The van der Waals surface area contributed by atoms with Crippen LogP contribution in [-0.2, 0) is 0 Å². The van der Waals surface area contributed by atoms with Gasteiger partial charge in [0.15, 0.2) is 0 Å². The van der Waals surface area contributed by atoms with Gasteiger partial charge in [0.05, 0.1) is 0 Å². The summed E-state index contributed by atoms with van der Waals surface area (Å²) in [6, 6.07) is 5.19. The third kappa shape index (κ3) is 2.15. The van der Waals surface area contributed by atoms with Gasteiger partial charge in [-0.3, -0.25) is 0 Å². The predicted molar refractivity (Wildman–Crippen MR) is 74.9 cm³/mol. The molecule has 0 saturated heterocycles. The number of hydrogen-bond acceptors (Lipinski definition) is 5. The summed E-state index contributed by atoms with van der Waals surface area (Å²) in [5.41, 5.74) is 0.740. The number of fused-ring (bicyclic) bond motifs is 1. The van der Waals surface area contributed by atoms with Crippen LogP contribution < -0.4 is 5.32 Å². The molecule has 6 heteroatoms. The first-order valence-electron chi connectivity index (χ1n) is 5.75. The molecule has 0 spiro atoms. The second-order valence-corrected chi connectivity index (χ2v) is 5.31. The summed E-state index contributed by atoms with van der Waals surface area (Å²) in [6.07, 6.45) is 1.53. The van der Waals surface area contributed by atoms with Crippen LogP contribution in [0.4, 0.5) is 10.2 Å². The zero-order valence-corrected chi connectivity index (χ0v) is 11.3. The second kappa shape index (κ2) is 4.55. The largest absolute Gasteiger partial charge is 0.373 e. The quantitative estimate of drug-likeness (QED) is 0.779.